The van der Waals surface area contributed by atoms with Gasteiger partial charge in [0.15, 0.2) is 0 Å². The van der Waals surface area contributed by atoms with E-state index in [0.717, 1.165) is 16.7 Å². The molecule has 32 heavy (non-hydrogen) atoms. The van der Waals surface area contributed by atoms with E-state index in [1.54, 1.807) is 24.3 Å². The first-order valence-corrected chi connectivity index (χ1v) is 11.2. The molecule has 0 spiro atoms. The van der Waals surface area contributed by atoms with Crippen LogP contribution in [0, 0.1) is 0 Å². The van der Waals surface area contributed by atoms with Crippen molar-refractivity contribution in [1.82, 2.24) is 9.27 Å². The number of halogens is 4. The standard InChI is InChI=1S/C23H20ClF3N2O2S/c24-18-6-4-15(5-7-18)21-19(22(32-28-21)23(25,26)27)13-29-10-9-16-11-14(2-8-20(30)31)1-3-17(16)12-29/h1,3-7,11H,2,8-10,12-13H2,(H,30,31). The second kappa shape index (κ2) is 9.21. The summed E-state index contributed by atoms with van der Waals surface area (Å²) in [4.78, 5) is 12.1. The van der Waals surface area contributed by atoms with Crippen LogP contribution in [0.15, 0.2) is 42.5 Å². The third-order valence-electron chi connectivity index (χ3n) is 5.53. The Kier molecular flexibility index (Phi) is 6.55. The second-order valence-corrected chi connectivity index (χ2v) is 9.01. The lowest BCUT2D eigenvalue weighted by Gasteiger charge is -2.29. The normalized spacial score (nSPS) is 14.4. The van der Waals surface area contributed by atoms with Gasteiger partial charge in [-0.15, -0.1) is 0 Å². The van der Waals surface area contributed by atoms with Crippen molar-refractivity contribution in [3.63, 3.8) is 0 Å². The molecule has 0 radical (unpaired) electrons. The summed E-state index contributed by atoms with van der Waals surface area (Å²) in [6.07, 6.45) is -3.23. The molecule has 9 heteroatoms. The van der Waals surface area contributed by atoms with Gasteiger partial charge >= 0.3 is 12.1 Å². The maximum Gasteiger partial charge on any atom is 0.427 e. The number of nitrogens with zero attached hydrogens (tertiary/aromatic N) is 2. The highest BCUT2D eigenvalue weighted by molar-refractivity contribution is 7.06. The number of hydrogen-bond acceptors (Lipinski definition) is 4. The predicted molar refractivity (Wildman–Crippen MR) is 118 cm³/mol. The van der Waals surface area contributed by atoms with Crippen LogP contribution in [0.2, 0.25) is 5.02 Å². The lowest BCUT2D eigenvalue weighted by molar-refractivity contribution is -0.137. The number of fused-ring (bicyclic) bond motifs is 1. The van der Waals surface area contributed by atoms with Gasteiger partial charge in [-0.05, 0) is 53.2 Å². The van der Waals surface area contributed by atoms with Gasteiger partial charge in [0.25, 0.3) is 0 Å². The molecule has 1 N–H and O–H groups in total. The number of aliphatic carboxylic acids is 1. The number of carbonyl (C=O) groups is 1. The van der Waals surface area contributed by atoms with E-state index < -0.39 is 17.0 Å². The smallest absolute Gasteiger partial charge is 0.427 e. The molecule has 4 nitrogen and oxygen atoms in total. The van der Waals surface area contributed by atoms with Crippen LogP contribution in [0.1, 0.15) is 33.6 Å². The van der Waals surface area contributed by atoms with Crippen LogP contribution in [0.5, 0.6) is 0 Å². The molecule has 0 unspecified atom stereocenters. The molecule has 0 atom stereocenters. The average molecular weight is 481 g/mol. The average Bonchev–Trinajstić information content (AvgIpc) is 3.16. The first-order chi connectivity index (χ1) is 15.2. The summed E-state index contributed by atoms with van der Waals surface area (Å²) in [6.45, 7) is 1.29. The molecule has 1 aliphatic heterocycles. The zero-order valence-corrected chi connectivity index (χ0v) is 18.5. The van der Waals surface area contributed by atoms with Gasteiger partial charge in [-0.25, -0.2) is 0 Å². The molecule has 2 heterocycles. The molecule has 3 aromatic rings. The van der Waals surface area contributed by atoms with E-state index in [0.29, 0.717) is 53.7 Å². The fourth-order valence-corrected chi connectivity index (χ4v) is 4.84. The fraction of sp³-hybridized carbons (Fsp3) is 0.304. The van der Waals surface area contributed by atoms with Crippen LogP contribution >= 0.6 is 23.1 Å². The Labute approximate surface area is 192 Å². The topological polar surface area (TPSA) is 53.4 Å². The van der Waals surface area contributed by atoms with Crippen LogP contribution in [0.3, 0.4) is 0 Å². The number of aromatic nitrogens is 1. The number of carboxylic acid groups (broad SMARTS) is 1. The van der Waals surface area contributed by atoms with Gasteiger partial charge in [-0.2, -0.15) is 17.5 Å². The number of benzene rings is 2. The Morgan fingerprint density at radius 2 is 1.91 bits per heavy atom. The lowest BCUT2D eigenvalue weighted by atomic mass is 9.95. The second-order valence-electron chi connectivity index (χ2n) is 7.80. The van der Waals surface area contributed by atoms with Gasteiger partial charge in [0.2, 0.25) is 0 Å². The maximum absolute atomic E-state index is 13.7. The van der Waals surface area contributed by atoms with Gasteiger partial charge in [-0.3, -0.25) is 9.69 Å². The summed E-state index contributed by atoms with van der Waals surface area (Å²) in [5, 5.41) is 9.38. The Hall–Kier alpha value is -2.42. The quantitative estimate of drug-likeness (QED) is 0.466. The summed E-state index contributed by atoms with van der Waals surface area (Å²) in [7, 11) is 0. The number of aryl methyl sites for hydroxylation is 1. The molecule has 1 aromatic heterocycles. The number of carboxylic acids is 1. The van der Waals surface area contributed by atoms with Crippen molar-refractivity contribution >= 4 is 29.1 Å². The molecule has 4 rings (SSSR count). The lowest BCUT2D eigenvalue weighted by Crippen LogP contribution is -2.31. The van der Waals surface area contributed by atoms with Crippen molar-refractivity contribution in [2.24, 2.45) is 0 Å². The van der Waals surface area contributed by atoms with Crippen molar-refractivity contribution in [2.45, 2.75) is 38.5 Å². The van der Waals surface area contributed by atoms with Crippen molar-refractivity contribution in [3.8, 4) is 11.3 Å². The van der Waals surface area contributed by atoms with E-state index in [1.807, 2.05) is 23.1 Å². The highest BCUT2D eigenvalue weighted by Crippen LogP contribution is 2.41. The molecular formula is C23H20ClF3N2O2S. The van der Waals surface area contributed by atoms with Crippen molar-refractivity contribution in [3.05, 3.63) is 74.6 Å². The van der Waals surface area contributed by atoms with Crippen LogP contribution in [-0.4, -0.2) is 26.9 Å². The summed E-state index contributed by atoms with van der Waals surface area (Å²) >= 11 is 6.41. The van der Waals surface area contributed by atoms with E-state index >= 15 is 0 Å². The van der Waals surface area contributed by atoms with Crippen molar-refractivity contribution < 1.29 is 23.1 Å². The minimum absolute atomic E-state index is 0.0732. The highest BCUT2D eigenvalue weighted by Gasteiger charge is 2.38. The largest absolute Gasteiger partial charge is 0.481 e. The Morgan fingerprint density at radius 3 is 2.59 bits per heavy atom. The SMILES string of the molecule is O=C(O)CCc1ccc2c(c1)CCN(Cc1c(-c3ccc(Cl)cc3)nsc1C(F)(F)F)C2. The van der Waals surface area contributed by atoms with Crippen LogP contribution in [0.4, 0.5) is 13.2 Å². The van der Waals surface area contributed by atoms with E-state index in [4.69, 9.17) is 16.7 Å². The number of rotatable bonds is 6. The Bertz CT molecular complexity index is 1130. The monoisotopic (exact) mass is 480 g/mol. The molecule has 2 aromatic carbocycles. The minimum Gasteiger partial charge on any atom is -0.481 e. The predicted octanol–water partition coefficient (Wildman–Crippen LogP) is 6.06. The molecule has 0 aliphatic carbocycles. The van der Waals surface area contributed by atoms with Crippen LogP contribution in [-0.2, 0) is 36.9 Å². The zero-order chi connectivity index (χ0) is 22.9. The Morgan fingerprint density at radius 1 is 1.16 bits per heavy atom. The van der Waals surface area contributed by atoms with Gasteiger partial charge in [0.05, 0.1) is 5.69 Å². The molecule has 0 saturated carbocycles. The van der Waals surface area contributed by atoms with Crippen molar-refractivity contribution in [1.29, 1.82) is 0 Å². The number of hydrogen-bond donors (Lipinski definition) is 1. The van der Waals surface area contributed by atoms with Crippen molar-refractivity contribution in [2.75, 3.05) is 6.54 Å². The highest BCUT2D eigenvalue weighted by atomic mass is 35.5. The first-order valence-electron chi connectivity index (χ1n) is 10.1. The molecule has 0 amide bonds. The molecule has 0 fully saturated rings. The van der Waals surface area contributed by atoms with Crippen LogP contribution in [0.25, 0.3) is 11.3 Å². The summed E-state index contributed by atoms with van der Waals surface area (Å²) < 4.78 is 45.2. The molecule has 0 saturated heterocycles. The minimum atomic E-state index is -4.47. The summed E-state index contributed by atoms with van der Waals surface area (Å²) in [5.41, 5.74) is 4.28. The molecular weight excluding hydrogens is 461 g/mol. The van der Waals surface area contributed by atoms with Gasteiger partial charge in [0.1, 0.15) is 4.88 Å². The third-order valence-corrected chi connectivity index (χ3v) is 6.72. The molecule has 0 bridgehead atoms. The summed E-state index contributed by atoms with van der Waals surface area (Å²) in [5.74, 6) is -0.838. The van der Waals surface area contributed by atoms with E-state index in [1.165, 1.54) is 0 Å². The van der Waals surface area contributed by atoms with Crippen LogP contribution < -0.4 is 0 Å². The summed E-state index contributed by atoms with van der Waals surface area (Å²) in [6, 6.07) is 12.5. The van der Waals surface area contributed by atoms with E-state index in [2.05, 4.69) is 4.37 Å². The van der Waals surface area contributed by atoms with Gasteiger partial charge in [-0.1, -0.05) is 41.9 Å². The zero-order valence-electron chi connectivity index (χ0n) is 17.0. The Balaban J connectivity index is 1.57. The third kappa shape index (κ3) is 5.14. The maximum atomic E-state index is 13.7. The first kappa shape index (κ1) is 22.8. The fourth-order valence-electron chi connectivity index (χ4n) is 3.94. The van der Waals surface area contributed by atoms with Gasteiger partial charge < -0.3 is 5.11 Å². The molecule has 1 aliphatic rings. The number of alkyl halides is 3. The van der Waals surface area contributed by atoms with Gasteiger partial charge in [0, 0.05) is 42.2 Å². The molecule has 168 valence electrons. The van der Waals surface area contributed by atoms with E-state index in [9.17, 15) is 18.0 Å². The van der Waals surface area contributed by atoms with E-state index in [-0.39, 0.29) is 18.5 Å².